The van der Waals surface area contributed by atoms with E-state index in [4.69, 9.17) is 20.9 Å². The third kappa shape index (κ3) is 2.81. The fraction of sp³-hybridized carbons (Fsp3) is 0.158. The molecule has 3 aromatic rings. The van der Waals surface area contributed by atoms with Gasteiger partial charge in [-0.25, -0.2) is 0 Å². The van der Waals surface area contributed by atoms with E-state index in [1.165, 1.54) is 0 Å². The van der Waals surface area contributed by atoms with Crippen molar-refractivity contribution in [3.05, 3.63) is 70.4 Å². The van der Waals surface area contributed by atoms with E-state index in [0.717, 1.165) is 34.6 Å². The molecule has 0 spiro atoms. The van der Waals surface area contributed by atoms with Gasteiger partial charge in [0.1, 0.15) is 18.1 Å². The Labute approximate surface area is 144 Å². The van der Waals surface area contributed by atoms with Gasteiger partial charge in [-0.05, 0) is 24.6 Å². The number of carbonyl (C=O) groups is 1. The van der Waals surface area contributed by atoms with Crippen molar-refractivity contribution < 1.29 is 14.1 Å². The maximum atomic E-state index is 11.8. The largest absolute Gasteiger partial charge is 0.485 e. The van der Waals surface area contributed by atoms with Gasteiger partial charge in [0, 0.05) is 34.2 Å². The molecule has 2 aromatic carbocycles. The Morgan fingerprint density at radius 1 is 1.12 bits per heavy atom. The number of carbonyl (C=O) groups excluding carboxylic acids is 1. The van der Waals surface area contributed by atoms with Crippen LogP contribution in [0.25, 0.3) is 11.3 Å². The van der Waals surface area contributed by atoms with Crippen LogP contribution in [0.2, 0.25) is 5.02 Å². The topological polar surface area (TPSA) is 52.3 Å². The average Bonchev–Trinajstić information content (AvgIpc) is 3.21. The van der Waals surface area contributed by atoms with Crippen LogP contribution in [0.3, 0.4) is 0 Å². The molecule has 0 aliphatic heterocycles. The second-order valence-electron chi connectivity index (χ2n) is 5.68. The van der Waals surface area contributed by atoms with Crippen molar-refractivity contribution in [1.82, 2.24) is 5.16 Å². The molecule has 1 heterocycles. The van der Waals surface area contributed by atoms with Crippen LogP contribution < -0.4 is 4.74 Å². The quantitative estimate of drug-likeness (QED) is 0.691. The van der Waals surface area contributed by atoms with E-state index in [9.17, 15) is 4.79 Å². The van der Waals surface area contributed by atoms with Crippen molar-refractivity contribution in [2.45, 2.75) is 19.4 Å². The second-order valence-corrected chi connectivity index (χ2v) is 6.12. The highest BCUT2D eigenvalue weighted by Gasteiger charge is 2.22. The molecule has 0 fully saturated rings. The minimum absolute atomic E-state index is 0.181. The third-order valence-electron chi connectivity index (χ3n) is 4.10. The number of Topliss-reactive ketones (excluding diaryl/α,β-unsaturated/α-hetero) is 1. The predicted octanol–water partition coefficient (Wildman–Crippen LogP) is 4.70. The van der Waals surface area contributed by atoms with Crippen LogP contribution in [-0.2, 0) is 13.0 Å². The maximum absolute atomic E-state index is 11.8. The summed E-state index contributed by atoms with van der Waals surface area (Å²) in [5, 5.41) is 4.74. The highest BCUT2D eigenvalue weighted by molar-refractivity contribution is 6.30. The number of ketones is 1. The molecule has 4 nitrogen and oxygen atoms in total. The van der Waals surface area contributed by atoms with Gasteiger partial charge in [0.2, 0.25) is 0 Å². The lowest BCUT2D eigenvalue weighted by atomic mass is 10.1. The number of aromatic nitrogens is 1. The number of rotatable bonds is 4. The lowest BCUT2D eigenvalue weighted by Crippen LogP contribution is -1.98. The first-order chi connectivity index (χ1) is 11.7. The van der Waals surface area contributed by atoms with Gasteiger partial charge in [-0.1, -0.05) is 41.0 Å². The average molecular weight is 340 g/mol. The van der Waals surface area contributed by atoms with Crippen molar-refractivity contribution in [1.29, 1.82) is 0 Å². The minimum Gasteiger partial charge on any atom is -0.485 e. The zero-order valence-electron chi connectivity index (χ0n) is 12.8. The first-order valence-electron chi connectivity index (χ1n) is 7.70. The summed E-state index contributed by atoms with van der Waals surface area (Å²) < 4.78 is 11.2. The third-order valence-corrected chi connectivity index (χ3v) is 4.36. The predicted molar refractivity (Wildman–Crippen MR) is 90.4 cm³/mol. The van der Waals surface area contributed by atoms with E-state index in [-0.39, 0.29) is 12.4 Å². The highest BCUT2D eigenvalue weighted by atomic mass is 35.5. The number of nitrogens with zero attached hydrogens (tertiary/aromatic N) is 1. The summed E-state index contributed by atoms with van der Waals surface area (Å²) in [5.74, 6) is 1.55. The lowest BCUT2D eigenvalue weighted by Gasteiger charge is -2.08. The molecule has 5 heteroatoms. The van der Waals surface area contributed by atoms with Gasteiger partial charge >= 0.3 is 0 Å². The molecule has 1 aromatic heterocycles. The first kappa shape index (κ1) is 15.0. The molecule has 0 amide bonds. The standard InChI is InChI=1S/C19H14ClNO3/c20-13-6-4-12(5-7-13)17-10-14(24-21-17)11-23-19-3-1-2-15-16(19)8-9-18(15)22/h1-7,10H,8-9,11H2. The molecule has 24 heavy (non-hydrogen) atoms. The molecule has 120 valence electrons. The van der Waals surface area contributed by atoms with Gasteiger partial charge in [0.25, 0.3) is 0 Å². The van der Waals surface area contributed by atoms with Crippen LogP contribution in [0.15, 0.2) is 53.1 Å². The first-order valence-corrected chi connectivity index (χ1v) is 8.08. The van der Waals surface area contributed by atoms with Gasteiger partial charge in [0.15, 0.2) is 11.5 Å². The van der Waals surface area contributed by atoms with Crippen molar-refractivity contribution >= 4 is 17.4 Å². The van der Waals surface area contributed by atoms with E-state index in [2.05, 4.69) is 5.16 Å². The molecule has 0 radical (unpaired) electrons. The van der Waals surface area contributed by atoms with Crippen LogP contribution in [0.5, 0.6) is 5.75 Å². The highest BCUT2D eigenvalue weighted by Crippen LogP contribution is 2.31. The Hall–Kier alpha value is -2.59. The van der Waals surface area contributed by atoms with E-state index in [1.807, 2.05) is 48.5 Å². The Morgan fingerprint density at radius 2 is 1.96 bits per heavy atom. The molecule has 1 aliphatic rings. The molecule has 0 bridgehead atoms. The fourth-order valence-corrected chi connectivity index (χ4v) is 3.01. The van der Waals surface area contributed by atoms with E-state index in [1.54, 1.807) is 0 Å². The van der Waals surface area contributed by atoms with Crippen LogP contribution in [-0.4, -0.2) is 10.9 Å². The lowest BCUT2D eigenvalue weighted by molar-refractivity contribution is 0.0994. The van der Waals surface area contributed by atoms with Gasteiger partial charge in [-0.15, -0.1) is 0 Å². The zero-order chi connectivity index (χ0) is 16.5. The Bertz CT molecular complexity index is 899. The van der Waals surface area contributed by atoms with Crippen molar-refractivity contribution in [3.63, 3.8) is 0 Å². The molecule has 0 N–H and O–H groups in total. The molecule has 1 aliphatic carbocycles. The Morgan fingerprint density at radius 3 is 2.79 bits per heavy atom. The number of hydrogen-bond donors (Lipinski definition) is 0. The SMILES string of the molecule is O=C1CCc2c(OCc3cc(-c4ccc(Cl)cc4)no3)cccc21. The number of ether oxygens (including phenoxy) is 1. The van der Waals surface area contributed by atoms with Crippen LogP contribution >= 0.6 is 11.6 Å². The summed E-state index contributed by atoms with van der Waals surface area (Å²) in [5.41, 5.74) is 3.42. The summed E-state index contributed by atoms with van der Waals surface area (Å²) in [6, 6.07) is 14.8. The number of halogens is 1. The van der Waals surface area contributed by atoms with Gasteiger partial charge < -0.3 is 9.26 Å². The smallest absolute Gasteiger partial charge is 0.174 e. The molecular formula is C19H14ClNO3. The maximum Gasteiger partial charge on any atom is 0.174 e. The summed E-state index contributed by atoms with van der Waals surface area (Å²) in [7, 11) is 0. The van der Waals surface area contributed by atoms with Crippen molar-refractivity contribution in [2.75, 3.05) is 0 Å². The molecular weight excluding hydrogens is 326 g/mol. The number of hydrogen-bond acceptors (Lipinski definition) is 4. The summed E-state index contributed by atoms with van der Waals surface area (Å²) >= 11 is 5.89. The number of fused-ring (bicyclic) bond motifs is 1. The molecule has 4 rings (SSSR count). The zero-order valence-corrected chi connectivity index (χ0v) is 13.5. The molecule has 0 saturated heterocycles. The minimum atomic E-state index is 0.181. The second kappa shape index (κ2) is 6.13. The van der Waals surface area contributed by atoms with Gasteiger partial charge in [-0.3, -0.25) is 4.79 Å². The van der Waals surface area contributed by atoms with Crippen LogP contribution in [0.4, 0.5) is 0 Å². The summed E-state index contributed by atoms with van der Waals surface area (Å²) in [4.78, 5) is 11.8. The van der Waals surface area contributed by atoms with Gasteiger partial charge in [0.05, 0.1) is 0 Å². The Kier molecular flexibility index (Phi) is 3.82. The fourth-order valence-electron chi connectivity index (χ4n) is 2.88. The van der Waals surface area contributed by atoms with Crippen LogP contribution in [0, 0.1) is 0 Å². The van der Waals surface area contributed by atoms with E-state index < -0.39 is 0 Å². The van der Waals surface area contributed by atoms with E-state index >= 15 is 0 Å². The van der Waals surface area contributed by atoms with Gasteiger partial charge in [-0.2, -0.15) is 0 Å². The molecule has 0 unspecified atom stereocenters. The monoisotopic (exact) mass is 339 g/mol. The normalized spacial score (nSPS) is 13.1. The summed E-state index contributed by atoms with van der Waals surface area (Å²) in [6.07, 6.45) is 1.29. The molecule has 0 atom stereocenters. The van der Waals surface area contributed by atoms with Crippen molar-refractivity contribution in [3.8, 4) is 17.0 Å². The van der Waals surface area contributed by atoms with Crippen molar-refractivity contribution in [2.24, 2.45) is 0 Å². The summed E-state index contributed by atoms with van der Waals surface area (Å²) in [6.45, 7) is 0.269. The molecule has 0 saturated carbocycles. The Balaban J connectivity index is 1.50. The van der Waals surface area contributed by atoms with E-state index in [0.29, 0.717) is 17.2 Å². The number of benzene rings is 2. The van der Waals surface area contributed by atoms with Crippen LogP contribution in [0.1, 0.15) is 28.1 Å².